The van der Waals surface area contributed by atoms with Crippen molar-refractivity contribution in [2.24, 2.45) is 0 Å². The molecule has 0 aliphatic carbocycles. The first kappa shape index (κ1) is 14.8. The molecule has 0 N–H and O–H groups in total. The number of rotatable bonds is 5. The minimum atomic E-state index is 0.410. The smallest absolute Gasteiger partial charge is 0.146 e. The van der Waals surface area contributed by atoms with Crippen LogP contribution in [0.4, 0.5) is 0 Å². The minimum absolute atomic E-state index is 0.410. The molecule has 0 radical (unpaired) electrons. The number of alkyl halides is 1. The predicted octanol–water partition coefficient (Wildman–Crippen LogP) is 4.89. The Morgan fingerprint density at radius 1 is 0.900 bits per heavy atom. The highest BCUT2D eigenvalue weighted by Gasteiger charge is 2.07. The summed E-state index contributed by atoms with van der Waals surface area (Å²) in [5, 5.41) is 0.505. The third-order valence-corrected chi connectivity index (χ3v) is 3.31. The Morgan fingerprint density at radius 2 is 1.50 bits per heavy atom. The minimum Gasteiger partial charge on any atom is -0.496 e. The van der Waals surface area contributed by atoms with Crippen molar-refractivity contribution in [1.29, 1.82) is 0 Å². The van der Waals surface area contributed by atoms with Crippen LogP contribution in [0.5, 0.6) is 23.0 Å². The van der Waals surface area contributed by atoms with Crippen molar-refractivity contribution in [1.82, 2.24) is 0 Å². The molecule has 0 aliphatic heterocycles. The molecule has 0 spiro atoms. The van der Waals surface area contributed by atoms with Crippen LogP contribution in [0.25, 0.3) is 0 Å². The molecule has 0 amide bonds. The van der Waals surface area contributed by atoms with Crippen LogP contribution in [-0.4, -0.2) is 14.2 Å². The van der Waals surface area contributed by atoms with Crippen molar-refractivity contribution in [2.45, 2.75) is 5.88 Å². The fourth-order valence-corrected chi connectivity index (χ4v) is 2.09. The maximum Gasteiger partial charge on any atom is 0.146 e. The summed E-state index contributed by atoms with van der Waals surface area (Å²) in [5.41, 5.74) is 0.937. The van der Waals surface area contributed by atoms with Crippen molar-refractivity contribution >= 4 is 23.2 Å². The van der Waals surface area contributed by atoms with Crippen LogP contribution < -0.4 is 14.2 Å². The first-order valence-corrected chi connectivity index (χ1v) is 6.83. The SMILES string of the molecule is COc1cc(OC)cc(Oc2ccc(CCl)cc2Cl)c1. The van der Waals surface area contributed by atoms with Gasteiger partial charge in [-0.25, -0.2) is 0 Å². The van der Waals surface area contributed by atoms with Crippen molar-refractivity contribution in [3.8, 4) is 23.0 Å². The second kappa shape index (κ2) is 6.73. The molecule has 0 bridgehead atoms. The zero-order chi connectivity index (χ0) is 14.5. The lowest BCUT2D eigenvalue weighted by molar-refractivity contribution is 0.386. The summed E-state index contributed by atoms with van der Waals surface area (Å²) < 4.78 is 16.1. The highest BCUT2D eigenvalue weighted by atomic mass is 35.5. The molecule has 0 saturated heterocycles. The molecule has 0 unspecified atom stereocenters. The predicted molar refractivity (Wildman–Crippen MR) is 80.6 cm³/mol. The topological polar surface area (TPSA) is 27.7 Å². The lowest BCUT2D eigenvalue weighted by atomic mass is 10.2. The van der Waals surface area contributed by atoms with Gasteiger partial charge in [0.2, 0.25) is 0 Å². The second-order valence-electron chi connectivity index (χ2n) is 4.05. The molecule has 0 atom stereocenters. The lowest BCUT2D eigenvalue weighted by Crippen LogP contribution is -1.91. The van der Waals surface area contributed by atoms with E-state index in [1.807, 2.05) is 6.07 Å². The normalized spacial score (nSPS) is 10.2. The van der Waals surface area contributed by atoms with Crippen LogP contribution >= 0.6 is 23.2 Å². The van der Waals surface area contributed by atoms with Gasteiger partial charge in [-0.3, -0.25) is 0 Å². The molecule has 0 aromatic heterocycles. The largest absolute Gasteiger partial charge is 0.496 e. The molecular formula is C15H14Cl2O3. The second-order valence-corrected chi connectivity index (χ2v) is 4.72. The van der Waals surface area contributed by atoms with E-state index >= 15 is 0 Å². The molecule has 2 rings (SSSR count). The van der Waals surface area contributed by atoms with Crippen molar-refractivity contribution < 1.29 is 14.2 Å². The van der Waals surface area contributed by atoms with E-state index in [0.29, 0.717) is 33.9 Å². The monoisotopic (exact) mass is 312 g/mol. The zero-order valence-electron chi connectivity index (χ0n) is 11.2. The third-order valence-electron chi connectivity index (χ3n) is 2.70. The standard InChI is InChI=1S/C15H14Cl2O3/c1-18-11-6-12(19-2)8-13(7-11)20-15-4-3-10(9-16)5-14(15)17/h3-8H,9H2,1-2H3. The first-order valence-electron chi connectivity index (χ1n) is 5.91. The van der Waals surface area contributed by atoms with Gasteiger partial charge >= 0.3 is 0 Å². The number of hydrogen-bond donors (Lipinski definition) is 0. The number of hydrogen-bond acceptors (Lipinski definition) is 3. The highest BCUT2D eigenvalue weighted by Crippen LogP contribution is 2.34. The average Bonchev–Trinajstić information content (AvgIpc) is 2.48. The Balaban J connectivity index is 2.29. The van der Waals surface area contributed by atoms with Crippen molar-refractivity contribution in [2.75, 3.05) is 14.2 Å². The van der Waals surface area contributed by atoms with Gasteiger partial charge in [0.1, 0.15) is 23.0 Å². The van der Waals surface area contributed by atoms with Gasteiger partial charge in [-0.1, -0.05) is 17.7 Å². The molecule has 0 heterocycles. The van der Waals surface area contributed by atoms with E-state index in [9.17, 15) is 0 Å². The maximum atomic E-state index is 6.16. The lowest BCUT2D eigenvalue weighted by Gasteiger charge is -2.11. The fourth-order valence-electron chi connectivity index (χ4n) is 1.68. The molecule has 20 heavy (non-hydrogen) atoms. The van der Waals surface area contributed by atoms with Gasteiger partial charge in [0.15, 0.2) is 0 Å². The van der Waals surface area contributed by atoms with Crippen molar-refractivity contribution in [3.63, 3.8) is 0 Å². The summed E-state index contributed by atoms with van der Waals surface area (Å²) in [4.78, 5) is 0. The van der Waals surface area contributed by atoms with E-state index in [1.54, 1.807) is 44.6 Å². The summed E-state index contributed by atoms with van der Waals surface area (Å²) in [6.07, 6.45) is 0. The Morgan fingerprint density at radius 3 is 2.00 bits per heavy atom. The van der Waals surface area contributed by atoms with Gasteiger partial charge in [0.05, 0.1) is 19.2 Å². The van der Waals surface area contributed by atoms with E-state index in [2.05, 4.69) is 0 Å². The van der Waals surface area contributed by atoms with Gasteiger partial charge in [0, 0.05) is 24.1 Å². The summed E-state index contributed by atoms with van der Waals surface area (Å²) in [5.74, 6) is 2.84. The summed E-state index contributed by atoms with van der Waals surface area (Å²) in [6.45, 7) is 0. The van der Waals surface area contributed by atoms with Crippen LogP contribution in [-0.2, 0) is 5.88 Å². The molecule has 3 nitrogen and oxygen atoms in total. The maximum absolute atomic E-state index is 6.16. The number of benzene rings is 2. The average molecular weight is 313 g/mol. The van der Waals surface area contributed by atoms with Crippen LogP contribution in [0.3, 0.4) is 0 Å². The van der Waals surface area contributed by atoms with Gasteiger partial charge in [-0.2, -0.15) is 0 Å². The van der Waals surface area contributed by atoms with Gasteiger partial charge in [0.25, 0.3) is 0 Å². The van der Waals surface area contributed by atoms with Crippen LogP contribution in [0.15, 0.2) is 36.4 Å². The molecular weight excluding hydrogens is 299 g/mol. The van der Waals surface area contributed by atoms with Crippen molar-refractivity contribution in [3.05, 3.63) is 47.0 Å². The van der Waals surface area contributed by atoms with Crippen LogP contribution in [0, 0.1) is 0 Å². The molecule has 2 aromatic carbocycles. The van der Waals surface area contributed by atoms with E-state index in [4.69, 9.17) is 37.4 Å². The zero-order valence-corrected chi connectivity index (χ0v) is 12.7. The number of methoxy groups -OCH3 is 2. The molecule has 5 heteroatoms. The Hall–Kier alpha value is -1.58. The van der Waals surface area contributed by atoms with Gasteiger partial charge < -0.3 is 14.2 Å². The number of halogens is 2. The van der Waals surface area contributed by atoms with E-state index in [-0.39, 0.29) is 0 Å². The van der Waals surface area contributed by atoms with Crippen LogP contribution in [0.1, 0.15) is 5.56 Å². The molecule has 0 aliphatic rings. The first-order chi connectivity index (χ1) is 9.66. The molecule has 0 fully saturated rings. The summed E-state index contributed by atoms with van der Waals surface area (Å²) in [6, 6.07) is 10.7. The third kappa shape index (κ3) is 3.50. The Bertz CT molecular complexity index is 577. The quantitative estimate of drug-likeness (QED) is 0.736. The van der Waals surface area contributed by atoms with Gasteiger partial charge in [-0.15, -0.1) is 11.6 Å². The molecule has 106 valence electrons. The summed E-state index contributed by atoms with van der Waals surface area (Å²) >= 11 is 11.9. The van der Waals surface area contributed by atoms with Gasteiger partial charge in [-0.05, 0) is 17.7 Å². The number of ether oxygens (including phenoxy) is 3. The van der Waals surface area contributed by atoms with Crippen LogP contribution in [0.2, 0.25) is 5.02 Å². The highest BCUT2D eigenvalue weighted by molar-refractivity contribution is 6.32. The van der Waals surface area contributed by atoms with E-state index < -0.39 is 0 Å². The Kier molecular flexibility index (Phi) is 4.99. The molecule has 2 aromatic rings. The van der Waals surface area contributed by atoms with E-state index in [0.717, 1.165) is 5.56 Å². The molecule has 0 saturated carbocycles. The summed E-state index contributed by atoms with van der Waals surface area (Å²) in [7, 11) is 3.17. The van der Waals surface area contributed by atoms with E-state index in [1.165, 1.54) is 0 Å². The Labute approximate surface area is 128 Å². The fraction of sp³-hybridized carbons (Fsp3) is 0.200.